The van der Waals surface area contributed by atoms with Gasteiger partial charge in [-0.3, -0.25) is 14.4 Å². The molecule has 2 aliphatic rings. The Morgan fingerprint density at radius 1 is 0.938 bits per heavy atom. The molecule has 0 bridgehead atoms. The molecule has 4 aromatic rings. The molecule has 0 spiro atoms. The van der Waals surface area contributed by atoms with Gasteiger partial charge in [-0.05, 0) is 51.9 Å². The lowest BCUT2D eigenvalue weighted by atomic mass is 10.0. The largest absolute Gasteiger partial charge is 0.315 e. The van der Waals surface area contributed by atoms with Gasteiger partial charge in [0.15, 0.2) is 5.65 Å². The van der Waals surface area contributed by atoms with Crippen LogP contribution in [-0.4, -0.2) is 71.1 Å². The van der Waals surface area contributed by atoms with Crippen LogP contribution in [-0.2, 0) is 13.6 Å². The third-order valence-electron chi connectivity index (χ3n) is 7.11. The quantitative estimate of drug-likeness (QED) is 0.496. The van der Waals surface area contributed by atoms with E-state index in [4.69, 9.17) is 15.0 Å². The molecular weight excluding hydrogens is 400 g/mol. The van der Waals surface area contributed by atoms with Gasteiger partial charge in [-0.1, -0.05) is 18.6 Å². The van der Waals surface area contributed by atoms with Gasteiger partial charge in [-0.2, -0.15) is 4.98 Å². The van der Waals surface area contributed by atoms with Crippen molar-refractivity contribution in [3.63, 3.8) is 0 Å². The Morgan fingerprint density at radius 3 is 2.53 bits per heavy atom. The summed E-state index contributed by atoms with van der Waals surface area (Å²) in [5.74, 6) is 2.60. The number of para-hydroxylation sites is 2. The maximum atomic E-state index is 4.94. The van der Waals surface area contributed by atoms with E-state index >= 15 is 0 Å². The zero-order chi connectivity index (χ0) is 21.8. The SMILES string of the molecule is Cc1nc(-n2c(C)nc3ccccc32)nc2c1nc(CN1CC(N3CCCCC3)C1)n2C. The molecule has 5 heterocycles. The van der Waals surface area contributed by atoms with Crippen molar-refractivity contribution >= 4 is 22.2 Å². The van der Waals surface area contributed by atoms with Crippen molar-refractivity contribution in [3.05, 3.63) is 41.6 Å². The average Bonchev–Trinajstić information content (AvgIpc) is 3.27. The molecule has 0 atom stereocenters. The Labute approximate surface area is 187 Å². The van der Waals surface area contributed by atoms with Crippen molar-refractivity contribution in [3.8, 4) is 5.95 Å². The van der Waals surface area contributed by atoms with Crippen LogP contribution in [0.15, 0.2) is 24.3 Å². The molecule has 6 rings (SSSR count). The Balaban J connectivity index is 1.29. The predicted octanol–water partition coefficient (Wildman–Crippen LogP) is 2.99. The maximum Gasteiger partial charge on any atom is 0.237 e. The van der Waals surface area contributed by atoms with Crippen molar-refractivity contribution in [1.82, 2.24) is 38.9 Å². The first-order valence-corrected chi connectivity index (χ1v) is 11.7. The number of nitrogens with zero attached hydrogens (tertiary/aromatic N) is 8. The molecule has 2 saturated heterocycles. The lowest BCUT2D eigenvalue weighted by molar-refractivity contribution is 0.0168. The van der Waals surface area contributed by atoms with Crippen LogP contribution in [0.3, 0.4) is 0 Å². The second-order valence-electron chi connectivity index (χ2n) is 9.30. The third kappa shape index (κ3) is 3.20. The highest BCUT2D eigenvalue weighted by Crippen LogP contribution is 2.25. The number of hydrogen-bond donors (Lipinski definition) is 0. The molecule has 0 amide bonds. The number of piperidine rings is 1. The van der Waals surface area contributed by atoms with Crippen molar-refractivity contribution in [2.75, 3.05) is 26.2 Å². The first-order chi connectivity index (χ1) is 15.6. The summed E-state index contributed by atoms with van der Waals surface area (Å²) in [6.45, 7) is 9.70. The van der Waals surface area contributed by atoms with Gasteiger partial charge in [-0.15, -0.1) is 0 Å². The smallest absolute Gasteiger partial charge is 0.237 e. The Hall–Kier alpha value is -2.84. The molecule has 8 heteroatoms. The second-order valence-corrected chi connectivity index (χ2v) is 9.30. The standard InChI is InChI=1S/C24H30N8/c1-16-22-23(28-24(25-16)32-17(2)26-19-9-5-6-10-20(19)32)29(3)21(27-22)15-30-13-18(14-30)31-11-7-4-8-12-31/h5-6,9-10,18H,4,7-8,11-15H2,1-3H3. The van der Waals surface area contributed by atoms with Crippen molar-refractivity contribution in [2.24, 2.45) is 7.05 Å². The van der Waals surface area contributed by atoms with Gasteiger partial charge < -0.3 is 4.57 Å². The Morgan fingerprint density at radius 2 is 1.72 bits per heavy atom. The number of likely N-dealkylation sites (tertiary alicyclic amines) is 2. The fourth-order valence-electron chi connectivity index (χ4n) is 5.25. The van der Waals surface area contributed by atoms with E-state index in [-0.39, 0.29) is 0 Å². The summed E-state index contributed by atoms with van der Waals surface area (Å²) in [6, 6.07) is 8.84. The fraction of sp³-hybridized carbons (Fsp3) is 0.500. The molecule has 1 aromatic carbocycles. The van der Waals surface area contributed by atoms with Gasteiger partial charge in [0.2, 0.25) is 5.95 Å². The van der Waals surface area contributed by atoms with E-state index in [1.165, 1.54) is 32.4 Å². The Bertz CT molecular complexity index is 1290. The predicted molar refractivity (Wildman–Crippen MR) is 125 cm³/mol. The zero-order valence-electron chi connectivity index (χ0n) is 19.1. The highest BCUT2D eigenvalue weighted by atomic mass is 15.3. The molecule has 0 unspecified atom stereocenters. The number of aromatic nitrogens is 6. The summed E-state index contributed by atoms with van der Waals surface area (Å²) < 4.78 is 4.17. The zero-order valence-corrected chi connectivity index (χ0v) is 19.1. The third-order valence-corrected chi connectivity index (χ3v) is 7.11. The van der Waals surface area contributed by atoms with Gasteiger partial charge in [0.05, 0.1) is 23.3 Å². The van der Waals surface area contributed by atoms with Gasteiger partial charge in [0, 0.05) is 26.2 Å². The first kappa shape index (κ1) is 19.8. The van der Waals surface area contributed by atoms with E-state index < -0.39 is 0 Å². The maximum absolute atomic E-state index is 4.94. The molecule has 0 aliphatic carbocycles. The molecule has 2 fully saturated rings. The number of fused-ring (bicyclic) bond motifs is 2. The van der Waals surface area contributed by atoms with E-state index in [9.17, 15) is 0 Å². The summed E-state index contributed by atoms with van der Waals surface area (Å²) >= 11 is 0. The summed E-state index contributed by atoms with van der Waals surface area (Å²) in [6.07, 6.45) is 4.10. The topological polar surface area (TPSA) is 67.9 Å². The van der Waals surface area contributed by atoms with Crippen molar-refractivity contribution in [1.29, 1.82) is 0 Å². The van der Waals surface area contributed by atoms with Gasteiger partial charge in [-0.25, -0.2) is 15.0 Å². The molecule has 2 aliphatic heterocycles. The average molecular weight is 431 g/mol. The van der Waals surface area contributed by atoms with Crippen LogP contribution in [0.5, 0.6) is 0 Å². The second kappa shape index (κ2) is 7.64. The highest BCUT2D eigenvalue weighted by Gasteiger charge is 2.33. The van der Waals surface area contributed by atoms with E-state index in [1.54, 1.807) is 0 Å². The summed E-state index contributed by atoms with van der Waals surface area (Å²) in [5, 5.41) is 0. The van der Waals surface area contributed by atoms with E-state index in [0.717, 1.165) is 65.2 Å². The highest BCUT2D eigenvalue weighted by molar-refractivity contribution is 5.79. The first-order valence-electron chi connectivity index (χ1n) is 11.7. The van der Waals surface area contributed by atoms with Crippen LogP contribution in [0, 0.1) is 13.8 Å². The Kier molecular flexibility index (Phi) is 4.73. The van der Waals surface area contributed by atoms with E-state index in [1.807, 2.05) is 36.6 Å². The molecular formula is C24H30N8. The van der Waals surface area contributed by atoms with Crippen LogP contribution >= 0.6 is 0 Å². The molecule has 32 heavy (non-hydrogen) atoms. The van der Waals surface area contributed by atoms with Crippen molar-refractivity contribution < 1.29 is 0 Å². The molecule has 0 radical (unpaired) electrons. The minimum atomic E-state index is 0.657. The minimum Gasteiger partial charge on any atom is -0.315 e. The minimum absolute atomic E-state index is 0.657. The van der Waals surface area contributed by atoms with Gasteiger partial charge in [0.1, 0.15) is 17.2 Å². The van der Waals surface area contributed by atoms with E-state index in [2.05, 4.69) is 32.5 Å². The lowest BCUT2D eigenvalue weighted by Gasteiger charge is -2.46. The normalized spacial score (nSPS) is 18.6. The lowest BCUT2D eigenvalue weighted by Crippen LogP contribution is -2.59. The van der Waals surface area contributed by atoms with E-state index in [0.29, 0.717) is 5.95 Å². The molecule has 0 saturated carbocycles. The van der Waals surface area contributed by atoms with Gasteiger partial charge in [0.25, 0.3) is 0 Å². The van der Waals surface area contributed by atoms with Gasteiger partial charge >= 0.3 is 0 Å². The van der Waals surface area contributed by atoms with Crippen LogP contribution in [0.4, 0.5) is 0 Å². The van der Waals surface area contributed by atoms with Crippen LogP contribution < -0.4 is 0 Å². The van der Waals surface area contributed by atoms with Crippen LogP contribution in [0.1, 0.15) is 36.6 Å². The number of imidazole rings is 2. The summed E-state index contributed by atoms with van der Waals surface area (Å²) in [4.78, 5) is 24.5. The number of rotatable bonds is 4. The number of aryl methyl sites for hydroxylation is 3. The number of hydrogen-bond acceptors (Lipinski definition) is 6. The monoisotopic (exact) mass is 430 g/mol. The molecule has 0 N–H and O–H groups in total. The molecule has 3 aromatic heterocycles. The van der Waals surface area contributed by atoms with Crippen LogP contribution in [0.25, 0.3) is 28.1 Å². The van der Waals surface area contributed by atoms with Crippen LogP contribution in [0.2, 0.25) is 0 Å². The fourth-order valence-corrected chi connectivity index (χ4v) is 5.25. The number of benzene rings is 1. The summed E-state index contributed by atoms with van der Waals surface area (Å²) in [7, 11) is 2.07. The van der Waals surface area contributed by atoms with Crippen molar-refractivity contribution in [2.45, 2.75) is 45.7 Å². The molecule has 166 valence electrons. The molecule has 8 nitrogen and oxygen atoms in total. The summed E-state index contributed by atoms with van der Waals surface area (Å²) in [5.41, 5.74) is 4.65.